The topological polar surface area (TPSA) is 52.9 Å². The smallest absolute Gasteiger partial charge is 0.227 e. The predicted octanol–water partition coefficient (Wildman–Crippen LogP) is 3.07. The van der Waals surface area contributed by atoms with E-state index >= 15 is 0 Å². The second-order valence-electron chi connectivity index (χ2n) is 3.81. The number of amides is 1. The van der Waals surface area contributed by atoms with Crippen molar-refractivity contribution in [2.24, 2.45) is 5.92 Å². The molecule has 0 saturated carbocycles. The summed E-state index contributed by atoms with van der Waals surface area (Å²) < 4.78 is 13.5. The van der Waals surface area contributed by atoms with E-state index in [1.54, 1.807) is 0 Å². The van der Waals surface area contributed by atoms with E-state index in [9.17, 15) is 9.18 Å². The normalized spacial score (nSPS) is 10.1. The van der Waals surface area contributed by atoms with Gasteiger partial charge in [-0.25, -0.2) is 4.39 Å². The molecule has 0 atom stereocenters. The fourth-order valence-electron chi connectivity index (χ4n) is 1.58. The molecule has 0 fully saturated rings. The van der Waals surface area contributed by atoms with E-state index in [1.165, 1.54) is 12.1 Å². The molecular weight excluding hydrogens is 219 g/mol. The summed E-state index contributed by atoms with van der Waals surface area (Å²) in [5.74, 6) is -0.869. The Balaban J connectivity index is 2.82. The fourth-order valence-corrected chi connectivity index (χ4v) is 1.58. The van der Waals surface area contributed by atoms with Gasteiger partial charge in [0, 0.05) is 5.92 Å². The van der Waals surface area contributed by atoms with Crippen molar-refractivity contribution in [2.45, 2.75) is 26.7 Å². The lowest BCUT2D eigenvalue weighted by atomic mass is 10.0. The van der Waals surface area contributed by atoms with E-state index in [-0.39, 0.29) is 23.1 Å². The second kappa shape index (κ2) is 6.00. The van der Waals surface area contributed by atoms with E-state index in [2.05, 4.69) is 5.32 Å². The summed E-state index contributed by atoms with van der Waals surface area (Å²) in [7, 11) is 0. The number of nitrogens with one attached hydrogen (secondary N) is 1. The van der Waals surface area contributed by atoms with E-state index < -0.39 is 5.82 Å². The molecule has 1 aromatic carbocycles. The number of nitrogens with zero attached hydrogens (tertiary/aromatic N) is 1. The number of hydrogen-bond acceptors (Lipinski definition) is 2. The molecule has 1 rings (SSSR count). The minimum absolute atomic E-state index is 0.106. The van der Waals surface area contributed by atoms with Crippen molar-refractivity contribution in [1.82, 2.24) is 0 Å². The Morgan fingerprint density at radius 1 is 1.47 bits per heavy atom. The maximum absolute atomic E-state index is 13.5. The van der Waals surface area contributed by atoms with Crippen molar-refractivity contribution in [3.63, 3.8) is 0 Å². The third-order valence-electron chi connectivity index (χ3n) is 2.71. The molecular formula is C13H15FN2O. The minimum atomic E-state index is -0.580. The van der Waals surface area contributed by atoms with Crippen LogP contribution in [-0.4, -0.2) is 5.91 Å². The summed E-state index contributed by atoms with van der Waals surface area (Å²) in [4.78, 5) is 11.7. The molecule has 0 aliphatic carbocycles. The van der Waals surface area contributed by atoms with Crippen molar-refractivity contribution < 1.29 is 9.18 Å². The highest BCUT2D eigenvalue weighted by Crippen LogP contribution is 2.18. The molecule has 1 amide bonds. The number of anilines is 1. The van der Waals surface area contributed by atoms with Gasteiger partial charge in [0.05, 0.1) is 17.3 Å². The molecule has 0 heterocycles. The molecule has 4 heteroatoms. The van der Waals surface area contributed by atoms with E-state index in [0.717, 1.165) is 18.9 Å². The number of hydrogen-bond donors (Lipinski definition) is 1. The molecule has 1 N–H and O–H groups in total. The van der Waals surface area contributed by atoms with Crippen molar-refractivity contribution in [2.75, 3.05) is 5.32 Å². The van der Waals surface area contributed by atoms with Crippen LogP contribution in [0.15, 0.2) is 18.2 Å². The van der Waals surface area contributed by atoms with Crippen molar-refractivity contribution in [1.29, 1.82) is 5.26 Å². The molecule has 0 spiro atoms. The number of halogens is 1. The predicted molar refractivity (Wildman–Crippen MR) is 63.8 cm³/mol. The van der Waals surface area contributed by atoms with Gasteiger partial charge in [-0.15, -0.1) is 0 Å². The lowest BCUT2D eigenvalue weighted by Gasteiger charge is -2.13. The zero-order chi connectivity index (χ0) is 12.8. The zero-order valence-electron chi connectivity index (χ0n) is 9.96. The van der Waals surface area contributed by atoms with Gasteiger partial charge in [-0.3, -0.25) is 4.79 Å². The first-order chi connectivity index (χ1) is 8.12. The summed E-state index contributed by atoms with van der Waals surface area (Å²) in [6.45, 7) is 3.84. The first-order valence-electron chi connectivity index (χ1n) is 5.62. The van der Waals surface area contributed by atoms with Crippen LogP contribution < -0.4 is 5.32 Å². The van der Waals surface area contributed by atoms with Crippen LogP contribution >= 0.6 is 0 Å². The Kier molecular flexibility index (Phi) is 4.65. The van der Waals surface area contributed by atoms with Crippen LogP contribution in [0.4, 0.5) is 10.1 Å². The van der Waals surface area contributed by atoms with Gasteiger partial charge in [0.25, 0.3) is 0 Å². The Morgan fingerprint density at radius 3 is 2.59 bits per heavy atom. The summed E-state index contributed by atoms with van der Waals surface area (Å²) in [6.07, 6.45) is 1.44. The standard InChI is InChI=1S/C13H15FN2O/c1-3-10(4-2)13(17)16-12-6-5-9(8-15)7-11(12)14/h5-7,10H,3-4H2,1-2H3,(H,16,17). The maximum atomic E-state index is 13.5. The Morgan fingerprint density at radius 2 is 2.12 bits per heavy atom. The van der Waals surface area contributed by atoms with Crippen molar-refractivity contribution in [3.8, 4) is 6.07 Å². The highest BCUT2D eigenvalue weighted by atomic mass is 19.1. The van der Waals surface area contributed by atoms with Crippen molar-refractivity contribution >= 4 is 11.6 Å². The molecule has 0 saturated heterocycles. The van der Waals surface area contributed by atoms with Crippen LogP contribution in [0.2, 0.25) is 0 Å². The van der Waals surface area contributed by atoms with Gasteiger partial charge < -0.3 is 5.32 Å². The number of carbonyl (C=O) groups is 1. The first kappa shape index (κ1) is 13.2. The molecule has 17 heavy (non-hydrogen) atoms. The Labute approximate surface area is 100 Å². The first-order valence-corrected chi connectivity index (χ1v) is 5.62. The van der Waals surface area contributed by atoms with Gasteiger partial charge in [-0.2, -0.15) is 5.26 Å². The Hall–Kier alpha value is -1.89. The number of carbonyl (C=O) groups excluding carboxylic acids is 1. The molecule has 1 aromatic rings. The van der Waals surface area contributed by atoms with Crippen LogP contribution in [0.25, 0.3) is 0 Å². The van der Waals surface area contributed by atoms with Gasteiger partial charge in [-0.05, 0) is 31.0 Å². The van der Waals surface area contributed by atoms with Gasteiger partial charge in [0.1, 0.15) is 5.82 Å². The molecule has 0 aromatic heterocycles. The molecule has 3 nitrogen and oxygen atoms in total. The molecule has 90 valence electrons. The third-order valence-corrected chi connectivity index (χ3v) is 2.71. The molecule has 0 aliphatic heterocycles. The molecule has 0 aliphatic rings. The largest absolute Gasteiger partial charge is 0.323 e. The third kappa shape index (κ3) is 3.28. The lowest BCUT2D eigenvalue weighted by Crippen LogP contribution is -2.22. The van der Waals surface area contributed by atoms with Gasteiger partial charge in [-0.1, -0.05) is 13.8 Å². The fraction of sp³-hybridized carbons (Fsp3) is 0.385. The molecule has 0 bridgehead atoms. The average molecular weight is 234 g/mol. The summed E-state index contributed by atoms with van der Waals surface area (Å²) >= 11 is 0. The zero-order valence-corrected chi connectivity index (χ0v) is 9.96. The highest BCUT2D eigenvalue weighted by Gasteiger charge is 2.15. The quantitative estimate of drug-likeness (QED) is 0.870. The lowest BCUT2D eigenvalue weighted by molar-refractivity contribution is -0.120. The average Bonchev–Trinajstić information content (AvgIpc) is 2.33. The van der Waals surface area contributed by atoms with Gasteiger partial charge in [0.2, 0.25) is 5.91 Å². The van der Waals surface area contributed by atoms with Crippen LogP contribution in [0.1, 0.15) is 32.3 Å². The van der Waals surface area contributed by atoms with Crippen molar-refractivity contribution in [3.05, 3.63) is 29.6 Å². The van der Waals surface area contributed by atoms with E-state index in [4.69, 9.17) is 5.26 Å². The number of benzene rings is 1. The van der Waals surface area contributed by atoms with E-state index in [0.29, 0.717) is 0 Å². The highest BCUT2D eigenvalue weighted by molar-refractivity contribution is 5.92. The van der Waals surface area contributed by atoms with Crippen LogP contribution in [0.5, 0.6) is 0 Å². The SMILES string of the molecule is CCC(CC)C(=O)Nc1ccc(C#N)cc1F. The monoisotopic (exact) mass is 234 g/mol. The molecule has 0 radical (unpaired) electrons. The second-order valence-corrected chi connectivity index (χ2v) is 3.81. The molecule has 0 unspecified atom stereocenters. The summed E-state index contributed by atoms with van der Waals surface area (Å²) in [6, 6.07) is 5.84. The van der Waals surface area contributed by atoms with Gasteiger partial charge in [0.15, 0.2) is 0 Å². The minimum Gasteiger partial charge on any atom is -0.323 e. The number of nitriles is 1. The number of rotatable bonds is 4. The maximum Gasteiger partial charge on any atom is 0.227 e. The Bertz CT molecular complexity index is 447. The van der Waals surface area contributed by atoms with Crippen LogP contribution in [0, 0.1) is 23.1 Å². The van der Waals surface area contributed by atoms with E-state index in [1.807, 2.05) is 19.9 Å². The van der Waals surface area contributed by atoms with Gasteiger partial charge >= 0.3 is 0 Å². The summed E-state index contributed by atoms with van der Waals surface area (Å²) in [5, 5.41) is 11.1. The summed E-state index contributed by atoms with van der Waals surface area (Å²) in [5.41, 5.74) is 0.365. The van der Waals surface area contributed by atoms with Crippen LogP contribution in [-0.2, 0) is 4.79 Å². The van der Waals surface area contributed by atoms with Crippen LogP contribution in [0.3, 0.4) is 0 Å².